The third-order valence-electron chi connectivity index (χ3n) is 3.27. The maximum atomic E-state index is 6.18. The Morgan fingerprint density at radius 1 is 1.47 bits per heavy atom. The average Bonchev–Trinajstić information content (AvgIpc) is 2.15. The molecule has 1 rings (SSSR count). The van der Waals surface area contributed by atoms with E-state index in [1.54, 1.807) is 0 Å². The molecule has 0 amide bonds. The summed E-state index contributed by atoms with van der Waals surface area (Å²) < 4.78 is 6.18. The number of hydrogen-bond acceptors (Lipinski definition) is 2. The maximum Gasteiger partial charge on any atom is 0.0808 e. The summed E-state index contributed by atoms with van der Waals surface area (Å²) in [5, 5.41) is 3.30. The number of nitrogens with one attached hydrogen (secondary N) is 1. The molecule has 0 aliphatic heterocycles. The van der Waals surface area contributed by atoms with Crippen LogP contribution in [-0.2, 0) is 4.74 Å². The molecule has 0 aromatic rings. The van der Waals surface area contributed by atoms with Crippen molar-refractivity contribution < 1.29 is 4.74 Å². The van der Waals surface area contributed by atoms with E-state index in [1.165, 1.54) is 25.7 Å². The van der Waals surface area contributed by atoms with Gasteiger partial charge in [0.1, 0.15) is 0 Å². The van der Waals surface area contributed by atoms with Gasteiger partial charge in [0, 0.05) is 13.2 Å². The Balaban J connectivity index is 2.52. The molecule has 2 heteroatoms. The molecule has 2 atom stereocenters. The molecule has 0 aromatic carbocycles. The molecule has 0 bridgehead atoms. The molecule has 1 saturated carbocycles. The van der Waals surface area contributed by atoms with E-state index in [-0.39, 0.29) is 5.60 Å². The van der Waals surface area contributed by atoms with Gasteiger partial charge in [0.05, 0.1) is 5.60 Å². The SMILES string of the molecule is CNCC1(OCC(C)C)CCCC(C)C1. The van der Waals surface area contributed by atoms with Gasteiger partial charge in [0.25, 0.3) is 0 Å². The van der Waals surface area contributed by atoms with Gasteiger partial charge in [-0.15, -0.1) is 0 Å². The summed E-state index contributed by atoms with van der Waals surface area (Å²) in [6.07, 6.45) is 5.14. The molecular formula is C13H27NO. The lowest BCUT2D eigenvalue weighted by atomic mass is 9.78. The first kappa shape index (κ1) is 13.0. The van der Waals surface area contributed by atoms with Gasteiger partial charge in [0.15, 0.2) is 0 Å². The molecule has 0 heterocycles. The molecule has 0 aromatic heterocycles. The third kappa shape index (κ3) is 4.12. The van der Waals surface area contributed by atoms with Crippen LogP contribution in [0, 0.1) is 11.8 Å². The second-order valence-electron chi connectivity index (χ2n) is 5.62. The highest BCUT2D eigenvalue weighted by atomic mass is 16.5. The zero-order valence-electron chi connectivity index (χ0n) is 10.8. The van der Waals surface area contributed by atoms with Crippen molar-refractivity contribution in [3.05, 3.63) is 0 Å². The largest absolute Gasteiger partial charge is 0.373 e. The number of likely N-dealkylation sites (N-methyl/N-ethyl adjacent to an activating group) is 1. The first-order chi connectivity index (χ1) is 7.08. The molecule has 1 N–H and O–H groups in total. The van der Waals surface area contributed by atoms with E-state index in [2.05, 4.69) is 26.1 Å². The zero-order valence-corrected chi connectivity index (χ0v) is 10.8. The Labute approximate surface area is 94.8 Å². The minimum Gasteiger partial charge on any atom is -0.373 e. The van der Waals surface area contributed by atoms with E-state index in [0.717, 1.165) is 19.1 Å². The van der Waals surface area contributed by atoms with E-state index in [0.29, 0.717) is 5.92 Å². The molecule has 1 aliphatic carbocycles. The average molecular weight is 213 g/mol. The Bertz CT molecular complexity index is 177. The monoisotopic (exact) mass is 213 g/mol. The lowest BCUT2D eigenvalue weighted by Gasteiger charge is -2.40. The van der Waals surface area contributed by atoms with Gasteiger partial charge in [-0.05, 0) is 31.7 Å². The molecule has 90 valence electrons. The first-order valence-electron chi connectivity index (χ1n) is 6.36. The predicted molar refractivity (Wildman–Crippen MR) is 65.1 cm³/mol. The molecule has 2 unspecified atom stereocenters. The van der Waals surface area contributed by atoms with Crippen molar-refractivity contribution >= 4 is 0 Å². The molecule has 1 fully saturated rings. The fraction of sp³-hybridized carbons (Fsp3) is 1.00. The van der Waals surface area contributed by atoms with E-state index in [4.69, 9.17) is 4.74 Å². The summed E-state index contributed by atoms with van der Waals surface area (Å²) in [6, 6.07) is 0. The Hall–Kier alpha value is -0.0800. The van der Waals surface area contributed by atoms with Crippen molar-refractivity contribution in [2.75, 3.05) is 20.2 Å². The van der Waals surface area contributed by atoms with Crippen LogP contribution in [0.15, 0.2) is 0 Å². The van der Waals surface area contributed by atoms with Crippen molar-refractivity contribution in [2.45, 2.75) is 52.1 Å². The third-order valence-corrected chi connectivity index (χ3v) is 3.27. The van der Waals surface area contributed by atoms with Gasteiger partial charge in [-0.2, -0.15) is 0 Å². The first-order valence-corrected chi connectivity index (χ1v) is 6.36. The van der Waals surface area contributed by atoms with Gasteiger partial charge in [0.2, 0.25) is 0 Å². The van der Waals surface area contributed by atoms with Crippen molar-refractivity contribution in [1.82, 2.24) is 5.32 Å². The van der Waals surface area contributed by atoms with Crippen LogP contribution in [0.5, 0.6) is 0 Å². The van der Waals surface area contributed by atoms with E-state index in [9.17, 15) is 0 Å². The Kier molecular flexibility index (Phi) is 5.07. The van der Waals surface area contributed by atoms with Crippen molar-refractivity contribution in [2.24, 2.45) is 11.8 Å². The smallest absolute Gasteiger partial charge is 0.0808 e. The summed E-state index contributed by atoms with van der Waals surface area (Å²) in [4.78, 5) is 0. The van der Waals surface area contributed by atoms with E-state index < -0.39 is 0 Å². The summed E-state index contributed by atoms with van der Waals surface area (Å²) in [5.74, 6) is 1.45. The standard InChI is InChI=1S/C13H27NO/c1-11(2)9-15-13(10-14-4)7-5-6-12(3)8-13/h11-12,14H,5-10H2,1-4H3. The number of hydrogen-bond donors (Lipinski definition) is 1. The van der Waals surface area contributed by atoms with Crippen LogP contribution in [0.25, 0.3) is 0 Å². The summed E-state index contributed by atoms with van der Waals surface area (Å²) in [7, 11) is 2.03. The highest BCUT2D eigenvalue weighted by Crippen LogP contribution is 2.35. The molecule has 15 heavy (non-hydrogen) atoms. The van der Waals surface area contributed by atoms with Gasteiger partial charge in [-0.1, -0.05) is 33.6 Å². The maximum absolute atomic E-state index is 6.18. The van der Waals surface area contributed by atoms with Gasteiger partial charge >= 0.3 is 0 Å². The second kappa shape index (κ2) is 5.86. The molecule has 2 nitrogen and oxygen atoms in total. The quantitative estimate of drug-likeness (QED) is 0.758. The fourth-order valence-electron chi connectivity index (χ4n) is 2.62. The number of rotatable bonds is 5. The van der Waals surface area contributed by atoms with Crippen LogP contribution < -0.4 is 5.32 Å². The summed E-state index contributed by atoms with van der Waals surface area (Å²) in [6.45, 7) is 8.69. The lowest BCUT2D eigenvalue weighted by molar-refractivity contribution is -0.0874. The second-order valence-corrected chi connectivity index (χ2v) is 5.62. The predicted octanol–water partition coefficient (Wildman–Crippen LogP) is 2.83. The van der Waals surface area contributed by atoms with Crippen molar-refractivity contribution in [1.29, 1.82) is 0 Å². The van der Waals surface area contributed by atoms with Crippen LogP contribution in [0.2, 0.25) is 0 Å². The van der Waals surface area contributed by atoms with Gasteiger partial charge in [-0.3, -0.25) is 0 Å². The van der Waals surface area contributed by atoms with Crippen LogP contribution in [-0.4, -0.2) is 25.8 Å². The van der Waals surface area contributed by atoms with E-state index >= 15 is 0 Å². The van der Waals surface area contributed by atoms with Crippen molar-refractivity contribution in [3.63, 3.8) is 0 Å². The molecular weight excluding hydrogens is 186 g/mol. The molecule has 0 spiro atoms. The van der Waals surface area contributed by atoms with E-state index in [1.807, 2.05) is 7.05 Å². The van der Waals surface area contributed by atoms with Crippen LogP contribution >= 0.6 is 0 Å². The number of ether oxygens (including phenoxy) is 1. The minimum absolute atomic E-state index is 0.122. The summed E-state index contributed by atoms with van der Waals surface area (Å²) in [5.41, 5.74) is 0.122. The van der Waals surface area contributed by atoms with Crippen LogP contribution in [0.3, 0.4) is 0 Å². The fourth-order valence-corrected chi connectivity index (χ4v) is 2.62. The van der Waals surface area contributed by atoms with Gasteiger partial charge < -0.3 is 10.1 Å². The highest BCUT2D eigenvalue weighted by Gasteiger charge is 2.35. The Morgan fingerprint density at radius 3 is 2.73 bits per heavy atom. The topological polar surface area (TPSA) is 21.3 Å². The lowest BCUT2D eigenvalue weighted by Crippen LogP contribution is -2.46. The molecule has 0 saturated heterocycles. The zero-order chi connectivity index (χ0) is 11.3. The van der Waals surface area contributed by atoms with Gasteiger partial charge in [-0.25, -0.2) is 0 Å². The van der Waals surface area contributed by atoms with Crippen molar-refractivity contribution in [3.8, 4) is 0 Å². The molecule has 0 radical (unpaired) electrons. The molecule has 1 aliphatic rings. The normalized spacial score (nSPS) is 32.2. The summed E-state index contributed by atoms with van der Waals surface area (Å²) >= 11 is 0. The van der Waals surface area contributed by atoms with Crippen LogP contribution in [0.1, 0.15) is 46.5 Å². The Morgan fingerprint density at radius 2 is 2.20 bits per heavy atom. The minimum atomic E-state index is 0.122. The van der Waals surface area contributed by atoms with Crippen LogP contribution in [0.4, 0.5) is 0 Å². The highest BCUT2D eigenvalue weighted by molar-refractivity contribution is 4.88.